The topological polar surface area (TPSA) is 104 Å². The normalized spacial score (nSPS) is 16.2. The molecule has 8 nitrogen and oxygen atoms in total. The van der Waals surface area contributed by atoms with Gasteiger partial charge in [-0.2, -0.15) is 0 Å². The van der Waals surface area contributed by atoms with E-state index in [1.807, 2.05) is 24.3 Å². The Hall–Kier alpha value is -3.04. The molecule has 1 atom stereocenters. The Labute approximate surface area is 173 Å². The number of piperidine rings is 1. The third kappa shape index (κ3) is 5.49. The first kappa shape index (κ1) is 19.3. The lowest BCUT2D eigenvalue weighted by Gasteiger charge is -2.23. The zero-order valence-corrected chi connectivity index (χ0v) is 16.7. The summed E-state index contributed by atoms with van der Waals surface area (Å²) < 4.78 is 0. The van der Waals surface area contributed by atoms with Crippen molar-refractivity contribution in [2.45, 2.75) is 25.3 Å². The summed E-state index contributed by atoms with van der Waals surface area (Å²) in [5, 5.41) is 15.0. The first-order valence-corrected chi connectivity index (χ1v) is 10.5. The third-order valence-corrected chi connectivity index (χ3v) is 5.50. The molecule has 0 spiro atoms. The van der Waals surface area contributed by atoms with Gasteiger partial charge in [0.2, 0.25) is 0 Å². The van der Waals surface area contributed by atoms with Gasteiger partial charge in [0.05, 0.1) is 0 Å². The van der Waals surface area contributed by atoms with E-state index in [1.165, 1.54) is 30.6 Å². The van der Waals surface area contributed by atoms with Crippen LogP contribution in [0.1, 0.15) is 19.3 Å². The number of anilines is 3. The largest absolute Gasteiger partial charge is 0.368 e. The molecule has 29 heavy (non-hydrogen) atoms. The fourth-order valence-corrected chi connectivity index (χ4v) is 3.91. The molecule has 1 unspecified atom stereocenters. The van der Waals surface area contributed by atoms with E-state index in [4.69, 9.17) is 0 Å². The second kappa shape index (κ2) is 9.44. The van der Waals surface area contributed by atoms with Gasteiger partial charge >= 0.3 is 6.03 Å². The zero-order valence-electron chi connectivity index (χ0n) is 15.9. The van der Waals surface area contributed by atoms with Crippen LogP contribution in [0.4, 0.5) is 22.2 Å². The number of amides is 2. The van der Waals surface area contributed by atoms with Crippen LogP contribution in [0.25, 0.3) is 10.6 Å². The number of carbonyl (C=O) groups is 1. The molecule has 3 aromatic heterocycles. The predicted molar refractivity (Wildman–Crippen MR) is 116 cm³/mol. The maximum absolute atomic E-state index is 12.3. The highest BCUT2D eigenvalue weighted by molar-refractivity contribution is 7.13. The van der Waals surface area contributed by atoms with Crippen molar-refractivity contribution in [2.24, 2.45) is 0 Å². The van der Waals surface area contributed by atoms with Crippen molar-refractivity contribution in [3.05, 3.63) is 48.1 Å². The Balaban J connectivity index is 1.31. The molecule has 1 saturated heterocycles. The molecule has 4 N–H and O–H groups in total. The summed E-state index contributed by atoms with van der Waals surface area (Å²) in [6.45, 7) is 1.89. The fraction of sp³-hybridized carbons (Fsp3) is 0.300. The molecular formula is C20H23N7OS. The first-order chi connectivity index (χ1) is 14.3. The number of urea groups is 1. The Bertz CT molecular complexity index is 941. The van der Waals surface area contributed by atoms with Gasteiger partial charge in [0.1, 0.15) is 22.5 Å². The Morgan fingerprint density at radius 1 is 1.07 bits per heavy atom. The molecule has 0 aromatic carbocycles. The highest BCUT2D eigenvalue weighted by Crippen LogP contribution is 2.25. The van der Waals surface area contributed by atoms with E-state index in [0.717, 1.165) is 29.5 Å². The van der Waals surface area contributed by atoms with E-state index in [1.54, 1.807) is 23.8 Å². The van der Waals surface area contributed by atoms with Gasteiger partial charge in [-0.1, -0.05) is 12.5 Å². The SMILES string of the molecule is O=C(Nc1cccc(NCC2CCCCN2)n1)Nc1csc(-c2ccncc2)n1. The van der Waals surface area contributed by atoms with E-state index in [0.29, 0.717) is 17.7 Å². The molecule has 1 fully saturated rings. The van der Waals surface area contributed by atoms with Crippen molar-refractivity contribution in [3.8, 4) is 10.6 Å². The first-order valence-electron chi connectivity index (χ1n) is 9.64. The van der Waals surface area contributed by atoms with Crippen molar-refractivity contribution < 1.29 is 4.79 Å². The van der Waals surface area contributed by atoms with E-state index in [2.05, 4.69) is 36.2 Å². The average molecular weight is 410 g/mol. The number of nitrogens with zero attached hydrogens (tertiary/aromatic N) is 3. The molecule has 2 amide bonds. The van der Waals surface area contributed by atoms with Crippen LogP contribution in [0.15, 0.2) is 48.1 Å². The highest BCUT2D eigenvalue weighted by atomic mass is 32.1. The summed E-state index contributed by atoms with van der Waals surface area (Å²) in [7, 11) is 0. The maximum atomic E-state index is 12.3. The standard InChI is InChI=1S/C20H23N7OS/c28-20(27-18-13-29-19(25-18)14-7-10-21-11-8-14)26-17-6-3-5-16(24-17)23-12-15-4-1-2-9-22-15/h3,5-8,10-11,13,15,22H,1-2,4,9,12H2,(H3,23,24,26,27,28). The van der Waals surface area contributed by atoms with Gasteiger partial charge in [-0.15, -0.1) is 11.3 Å². The van der Waals surface area contributed by atoms with E-state index in [-0.39, 0.29) is 6.03 Å². The van der Waals surface area contributed by atoms with Crippen molar-refractivity contribution in [1.29, 1.82) is 0 Å². The van der Waals surface area contributed by atoms with Crippen molar-refractivity contribution in [1.82, 2.24) is 20.3 Å². The van der Waals surface area contributed by atoms with Gasteiger partial charge in [0.15, 0.2) is 0 Å². The summed E-state index contributed by atoms with van der Waals surface area (Å²) >= 11 is 1.46. The fourth-order valence-electron chi connectivity index (χ4n) is 3.15. The lowest BCUT2D eigenvalue weighted by atomic mass is 10.1. The molecule has 1 aliphatic rings. The van der Waals surface area contributed by atoms with Crippen molar-refractivity contribution in [2.75, 3.05) is 29.0 Å². The smallest absolute Gasteiger partial charge is 0.326 e. The van der Waals surface area contributed by atoms with Crippen LogP contribution in [-0.2, 0) is 0 Å². The van der Waals surface area contributed by atoms with Crippen LogP contribution < -0.4 is 21.3 Å². The Morgan fingerprint density at radius 2 is 1.90 bits per heavy atom. The van der Waals surface area contributed by atoms with Crippen LogP contribution in [0.2, 0.25) is 0 Å². The van der Waals surface area contributed by atoms with Gasteiger partial charge in [-0.25, -0.2) is 14.8 Å². The molecule has 0 saturated carbocycles. The monoisotopic (exact) mass is 409 g/mol. The number of rotatable bonds is 6. The summed E-state index contributed by atoms with van der Waals surface area (Å²) in [6, 6.07) is 9.37. The van der Waals surface area contributed by atoms with E-state index < -0.39 is 0 Å². The minimum Gasteiger partial charge on any atom is -0.368 e. The van der Waals surface area contributed by atoms with Gasteiger partial charge < -0.3 is 10.6 Å². The lowest BCUT2D eigenvalue weighted by Crippen LogP contribution is -2.39. The number of aromatic nitrogens is 3. The van der Waals surface area contributed by atoms with Crippen LogP contribution >= 0.6 is 11.3 Å². The Morgan fingerprint density at radius 3 is 2.72 bits per heavy atom. The molecule has 0 bridgehead atoms. The lowest BCUT2D eigenvalue weighted by molar-refractivity contribution is 0.262. The molecule has 1 aliphatic heterocycles. The van der Waals surface area contributed by atoms with Crippen LogP contribution in [-0.4, -0.2) is 40.1 Å². The Kier molecular flexibility index (Phi) is 6.28. The second-order valence-electron chi connectivity index (χ2n) is 6.79. The minimum absolute atomic E-state index is 0.379. The average Bonchev–Trinajstić information content (AvgIpc) is 3.22. The van der Waals surface area contributed by atoms with Crippen molar-refractivity contribution >= 4 is 34.8 Å². The van der Waals surface area contributed by atoms with E-state index in [9.17, 15) is 4.79 Å². The number of pyridine rings is 2. The summed E-state index contributed by atoms with van der Waals surface area (Å²) in [5.41, 5.74) is 0.964. The number of hydrogen-bond acceptors (Lipinski definition) is 7. The van der Waals surface area contributed by atoms with E-state index >= 15 is 0 Å². The van der Waals surface area contributed by atoms with Crippen LogP contribution in [0.5, 0.6) is 0 Å². The number of hydrogen-bond donors (Lipinski definition) is 4. The maximum Gasteiger partial charge on any atom is 0.326 e. The minimum atomic E-state index is -0.379. The molecule has 4 rings (SSSR count). The molecule has 150 valence electrons. The van der Waals surface area contributed by atoms with Crippen LogP contribution in [0, 0.1) is 0 Å². The summed E-state index contributed by atoms with van der Waals surface area (Å²) in [4.78, 5) is 25.2. The molecule has 4 heterocycles. The molecule has 0 aliphatic carbocycles. The number of thiazole rings is 1. The molecule has 0 radical (unpaired) electrons. The predicted octanol–water partition coefficient (Wildman–Crippen LogP) is 3.80. The van der Waals surface area contributed by atoms with Gasteiger partial charge in [-0.3, -0.25) is 15.6 Å². The zero-order chi connectivity index (χ0) is 19.9. The van der Waals surface area contributed by atoms with Gasteiger partial charge in [0, 0.05) is 35.9 Å². The third-order valence-electron chi connectivity index (χ3n) is 4.61. The molecule has 3 aromatic rings. The quantitative estimate of drug-likeness (QED) is 0.494. The van der Waals surface area contributed by atoms with Crippen LogP contribution in [0.3, 0.4) is 0 Å². The highest BCUT2D eigenvalue weighted by Gasteiger charge is 2.12. The second-order valence-corrected chi connectivity index (χ2v) is 7.65. The summed E-state index contributed by atoms with van der Waals surface area (Å²) in [5.74, 6) is 1.72. The van der Waals surface area contributed by atoms with Crippen molar-refractivity contribution in [3.63, 3.8) is 0 Å². The molecular weight excluding hydrogens is 386 g/mol. The number of nitrogens with one attached hydrogen (secondary N) is 4. The number of carbonyl (C=O) groups excluding carboxylic acids is 1. The summed E-state index contributed by atoms with van der Waals surface area (Å²) in [6.07, 6.45) is 7.10. The molecule has 9 heteroatoms. The van der Waals surface area contributed by atoms with Gasteiger partial charge in [0.25, 0.3) is 0 Å². The van der Waals surface area contributed by atoms with Gasteiger partial charge in [-0.05, 0) is 43.7 Å².